The lowest BCUT2D eigenvalue weighted by Gasteiger charge is -2.39. The van der Waals surface area contributed by atoms with Crippen molar-refractivity contribution in [1.29, 1.82) is 0 Å². The number of pyridine rings is 1. The summed E-state index contributed by atoms with van der Waals surface area (Å²) in [5, 5.41) is 8.49. The molecule has 4 aromatic heterocycles. The van der Waals surface area contributed by atoms with Crippen molar-refractivity contribution in [3.8, 4) is 22.5 Å². The summed E-state index contributed by atoms with van der Waals surface area (Å²) in [5.41, 5.74) is 4.73. The first-order valence-corrected chi connectivity index (χ1v) is 9.82. The van der Waals surface area contributed by atoms with Crippen molar-refractivity contribution in [3.05, 3.63) is 53.0 Å². The van der Waals surface area contributed by atoms with Gasteiger partial charge in [0.05, 0.1) is 29.3 Å². The highest BCUT2D eigenvalue weighted by atomic mass is 32.1. The predicted molar refractivity (Wildman–Crippen MR) is 108 cm³/mol. The van der Waals surface area contributed by atoms with Crippen LogP contribution in [0.25, 0.3) is 28.2 Å². The number of hydrogen-bond donors (Lipinski definition) is 0. The molecule has 0 aromatic carbocycles. The average Bonchev–Trinajstić information content (AvgIpc) is 3.36. The van der Waals surface area contributed by atoms with Gasteiger partial charge in [0.1, 0.15) is 12.1 Å². The minimum atomic E-state index is 0.206. The second-order valence-corrected chi connectivity index (χ2v) is 7.46. The number of fused-ring (bicyclic) bond motifs is 1. The number of methoxy groups -OCH3 is 1. The molecule has 0 unspecified atom stereocenters. The number of thiophene rings is 1. The minimum absolute atomic E-state index is 0.206. The highest BCUT2D eigenvalue weighted by Gasteiger charge is 2.28. The van der Waals surface area contributed by atoms with Gasteiger partial charge in [0.15, 0.2) is 5.65 Å². The molecule has 0 N–H and O–H groups in total. The van der Waals surface area contributed by atoms with Crippen LogP contribution in [-0.2, 0) is 4.74 Å². The number of anilines is 1. The SMILES string of the molecule is COC1CN(c2cc(C=O)cc(-c3cnn4ccc(-c5ccsc5)nc34)n2)C1. The molecule has 1 aliphatic heterocycles. The Morgan fingerprint density at radius 3 is 2.86 bits per heavy atom. The van der Waals surface area contributed by atoms with E-state index in [9.17, 15) is 4.79 Å². The molecule has 0 bridgehead atoms. The summed E-state index contributed by atoms with van der Waals surface area (Å²) in [6.45, 7) is 1.53. The topological polar surface area (TPSA) is 72.6 Å². The lowest BCUT2D eigenvalue weighted by molar-refractivity contribution is 0.0783. The number of ether oxygens (including phenoxy) is 1. The molecule has 1 aliphatic rings. The third kappa shape index (κ3) is 2.87. The van der Waals surface area contributed by atoms with Crippen molar-refractivity contribution >= 4 is 29.1 Å². The summed E-state index contributed by atoms with van der Waals surface area (Å²) in [7, 11) is 1.71. The van der Waals surface area contributed by atoms with Gasteiger partial charge in [-0.05, 0) is 29.6 Å². The number of carbonyl (C=O) groups excluding carboxylic acids is 1. The zero-order valence-electron chi connectivity index (χ0n) is 15.1. The Morgan fingerprint density at radius 1 is 1.21 bits per heavy atom. The molecule has 0 aliphatic carbocycles. The molecule has 28 heavy (non-hydrogen) atoms. The average molecular weight is 391 g/mol. The molecule has 0 spiro atoms. The summed E-state index contributed by atoms with van der Waals surface area (Å²) in [6, 6.07) is 7.56. The van der Waals surface area contributed by atoms with Crippen LogP contribution < -0.4 is 4.90 Å². The molecule has 4 aromatic rings. The molecular weight excluding hydrogens is 374 g/mol. The van der Waals surface area contributed by atoms with Crippen LogP contribution in [0, 0.1) is 0 Å². The van der Waals surface area contributed by atoms with E-state index in [0.717, 1.165) is 42.0 Å². The maximum absolute atomic E-state index is 11.5. The van der Waals surface area contributed by atoms with Gasteiger partial charge in [0.2, 0.25) is 0 Å². The maximum atomic E-state index is 11.5. The van der Waals surface area contributed by atoms with Crippen LogP contribution in [0.4, 0.5) is 5.82 Å². The monoisotopic (exact) mass is 391 g/mol. The summed E-state index contributed by atoms with van der Waals surface area (Å²) >= 11 is 1.63. The number of nitrogens with zero attached hydrogens (tertiary/aromatic N) is 5. The maximum Gasteiger partial charge on any atom is 0.164 e. The summed E-state index contributed by atoms with van der Waals surface area (Å²) < 4.78 is 7.07. The number of rotatable bonds is 5. The predicted octanol–water partition coefficient (Wildman–Crippen LogP) is 3.17. The van der Waals surface area contributed by atoms with Crippen LogP contribution >= 0.6 is 11.3 Å². The molecule has 0 saturated carbocycles. The van der Waals surface area contributed by atoms with Gasteiger partial charge in [-0.15, -0.1) is 0 Å². The van der Waals surface area contributed by atoms with E-state index in [0.29, 0.717) is 16.9 Å². The normalized spacial score (nSPS) is 14.4. The van der Waals surface area contributed by atoms with Gasteiger partial charge in [-0.2, -0.15) is 16.4 Å². The molecule has 0 atom stereocenters. The van der Waals surface area contributed by atoms with Gasteiger partial charge < -0.3 is 9.64 Å². The highest BCUT2D eigenvalue weighted by Crippen LogP contribution is 2.29. The molecular formula is C20H17N5O2S. The molecule has 1 saturated heterocycles. The fourth-order valence-corrected chi connectivity index (χ4v) is 3.95. The van der Waals surface area contributed by atoms with Gasteiger partial charge >= 0.3 is 0 Å². The lowest BCUT2D eigenvalue weighted by Crippen LogP contribution is -2.52. The standard InChI is InChI=1S/C20H17N5O2S/c1-27-15-9-24(10-15)19-7-13(11-26)6-18(22-19)16-8-21-25-4-2-17(23-20(16)25)14-3-5-28-12-14/h2-8,11-12,15H,9-10H2,1H3. The van der Waals surface area contributed by atoms with Crippen LogP contribution in [0.2, 0.25) is 0 Å². The van der Waals surface area contributed by atoms with Gasteiger partial charge in [-0.1, -0.05) is 0 Å². The summed E-state index contributed by atoms with van der Waals surface area (Å²) in [6.07, 6.45) is 4.69. The summed E-state index contributed by atoms with van der Waals surface area (Å²) in [4.78, 5) is 23.2. The second kappa shape index (κ2) is 6.81. The van der Waals surface area contributed by atoms with E-state index in [1.807, 2.05) is 23.7 Å². The van der Waals surface area contributed by atoms with Crippen molar-refractivity contribution in [2.75, 3.05) is 25.1 Å². The Hall–Kier alpha value is -3.10. The van der Waals surface area contributed by atoms with Crippen molar-refractivity contribution in [3.63, 3.8) is 0 Å². The van der Waals surface area contributed by atoms with E-state index in [1.54, 1.807) is 41.3 Å². The van der Waals surface area contributed by atoms with Gasteiger partial charge in [0.25, 0.3) is 0 Å². The largest absolute Gasteiger partial charge is 0.378 e. The van der Waals surface area contributed by atoms with E-state index in [2.05, 4.69) is 15.4 Å². The van der Waals surface area contributed by atoms with Crippen LogP contribution in [0.1, 0.15) is 10.4 Å². The van der Waals surface area contributed by atoms with Crippen LogP contribution in [-0.4, -0.2) is 52.2 Å². The fourth-order valence-electron chi connectivity index (χ4n) is 3.30. The van der Waals surface area contributed by atoms with Crippen LogP contribution in [0.5, 0.6) is 0 Å². The third-order valence-electron chi connectivity index (χ3n) is 4.94. The van der Waals surface area contributed by atoms with E-state index in [4.69, 9.17) is 14.7 Å². The Balaban J connectivity index is 1.59. The number of hydrogen-bond acceptors (Lipinski definition) is 7. The van der Waals surface area contributed by atoms with Crippen molar-refractivity contribution in [2.45, 2.75) is 6.10 Å². The van der Waals surface area contributed by atoms with Crippen molar-refractivity contribution < 1.29 is 9.53 Å². The fraction of sp³-hybridized carbons (Fsp3) is 0.200. The Bertz CT molecular complexity index is 1150. The van der Waals surface area contributed by atoms with Crippen molar-refractivity contribution in [2.24, 2.45) is 0 Å². The summed E-state index contributed by atoms with van der Waals surface area (Å²) in [5.74, 6) is 0.765. The van der Waals surface area contributed by atoms with E-state index in [1.165, 1.54) is 0 Å². The van der Waals surface area contributed by atoms with E-state index in [-0.39, 0.29) is 6.10 Å². The van der Waals surface area contributed by atoms with Crippen LogP contribution in [0.15, 0.2) is 47.4 Å². The van der Waals surface area contributed by atoms with Gasteiger partial charge in [-0.25, -0.2) is 14.5 Å². The Morgan fingerprint density at radius 2 is 2.11 bits per heavy atom. The Labute approximate surface area is 165 Å². The lowest BCUT2D eigenvalue weighted by atomic mass is 10.1. The zero-order chi connectivity index (χ0) is 19.1. The number of aldehydes is 1. The quantitative estimate of drug-likeness (QED) is 0.487. The molecule has 140 valence electrons. The molecule has 5 heterocycles. The molecule has 7 nitrogen and oxygen atoms in total. The molecule has 1 fully saturated rings. The minimum Gasteiger partial charge on any atom is -0.378 e. The zero-order valence-corrected chi connectivity index (χ0v) is 16.0. The molecule has 0 radical (unpaired) electrons. The van der Waals surface area contributed by atoms with Gasteiger partial charge in [0, 0.05) is 42.9 Å². The van der Waals surface area contributed by atoms with E-state index < -0.39 is 0 Å². The first-order valence-electron chi connectivity index (χ1n) is 8.87. The molecule has 0 amide bonds. The third-order valence-corrected chi connectivity index (χ3v) is 5.62. The smallest absolute Gasteiger partial charge is 0.164 e. The highest BCUT2D eigenvalue weighted by molar-refractivity contribution is 7.08. The molecule has 5 rings (SSSR count). The van der Waals surface area contributed by atoms with Crippen LogP contribution in [0.3, 0.4) is 0 Å². The first-order chi connectivity index (χ1) is 13.7. The molecule has 8 heteroatoms. The van der Waals surface area contributed by atoms with Crippen molar-refractivity contribution in [1.82, 2.24) is 19.6 Å². The second-order valence-electron chi connectivity index (χ2n) is 6.68. The van der Waals surface area contributed by atoms with Gasteiger partial charge in [-0.3, -0.25) is 4.79 Å². The van der Waals surface area contributed by atoms with E-state index >= 15 is 0 Å². The number of aromatic nitrogens is 4. The number of carbonyl (C=O) groups is 1. The first kappa shape index (κ1) is 17.0. The Kier molecular flexibility index (Phi) is 4.14.